The van der Waals surface area contributed by atoms with E-state index >= 15 is 0 Å². The van der Waals surface area contributed by atoms with Crippen molar-refractivity contribution in [2.45, 2.75) is 82.2 Å². The van der Waals surface area contributed by atoms with Crippen molar-refractivity contribution in [3.63, 3.8) is 0 Å². The lowest BCUT2D eigenvalue weighted by atomic mass is 9.92. The minimum atomic E-state index is -4.65. The molecule has 0 spiro atoms. The number of fused-ring (bicyclic) bond motifs is 1. The Bertz CT molecular complexity index is 2180. The Morgan fingerprint density at radius 2 is 1.72 bits per heavy atom. The van der Waals surface area contributed by atoms with E-state index in [1.54, 1.807) is 24.5 Å². The standard InChI is InChI=1S/C40H44F3N11O4/c41-40(42,43)32-21-30(4-1-26(32)22-44)58-29-5-2-27(3-6-29)47-38(56)33-7-8-35(50-49-33)52-18-10-25(11-19-52)24-51-16-12-28(13-17-51)54-34-9-15-45-37(31(34)23-46-54)53-20-14-36(55)48-39(53)57/h1,4,7-9,15,21,23,25,27-29H,2-3,5-6,10-14,16-20,24H2,(H,47,56)(H,48,55,57). The number of alkyl halides is 3. The van der Waals surface area contributed by atoms with Gasteiger partial charge in [-0.15, -0.1) is 10.2 Å². The summed E-state index contributed by atoms with van der Waals surface area (Å²) in [5.41, 5.74) is -0.303. The van der Waals surface area contributed by atoms with Crippen LogP contribution in [0.25, 0.3) is 10.9 Å². The highest BCUT2D eigenvalue weighted by Gasteiger charge is 2.35. The Hall–Kier alpha value is -5.83. The van der Waals surface area contributed by atoms with Gasteiger partial charge in [0.2, 0.25) is 5.91 Å². The van der Waals surface area contributed by atoms with Crippen molar-refractivity contribution in [2.24, 2.45) is 5.92 Å². The van der Waals surface area contributed by atoms with E-state index < -0.39 is 23.3 Å². The Morgan fingerprint density at radius 1 is 0.948 bits per heavy atom. The number of hydrogen-bond acceptors (Lipinski definition) is 11. The summed E-state index contributed by atoms with van der Waals surface area (Å²) in [7, 11) is 0. The molecule has 58 heavy (non-hydrogen) atoms. The molecule has 0 atom stereocenters. The monoisotopic (exact) mass is 799 g/mol. The van der Waals surface area contributed by atoms with Gasteiger partial charge in [0.25, 0.3) is 5.91 Å². The van der Waals surface area contributed by atoms with E-state index in [-0.39, 0.29) is 54.4 Å². The lowest BCUT2D eigenvalue weighted by Gasteiger charge is -2.38. The van der Waals surface area contributed by atoms with E-state index in [4.69, 9.17) is 15.1 Å². The number of nitrogens with zero attached hydrogens (tertiary/aromatic N) is 9. The molecular weight excluding hydrogens is 756 g/mol. The smallest absolute Gasteiger partial charge is 0.417 e. The number of urea groups is 1. The first-order valence-corrected chi connectivity index (χ1v) is 19.9. The molecule has 304 valence electrons. The summed E-state index contributed by atoms with van der Waals surface area (Å²) in [5, 5.41) is 28.5. The number of benzene rings is 1. The third-order valence-corrected chi connectivity index (χ3v) is 11.8. The molecule has 1 saturated carbocycles. The first kappa shape index (κ1) is 39.0. The van der Waals surface area contributed by atoms with Gasteiger partial charge >= 0.3 is 12.2 Å². The number of ether oxygens (including phenoxy) is 1. The molecule has 3 aliphatic heterocycles. The van der Waals surface area contributed by atoms with Crippen LogP contribution in [0, 0.1) is 17.2 Å². The third-order valence-electron chi connectivity index (χ3n) is 11.8. The molecule has 18 heteroatoms. The average Bonchev–Trinajstić information content (AvgIpc) is 3.67. The zero-order chi connectivity index (χ0) is 40.4. The van der Waals surface area contributed by atoms with Gasteiger partial charge in [0.1, 0.15) is 11.6 Å². The number of rotatable bonds is 9. The van der Waals surface area contributed by atoms with Crippen molar-refractivity contribution >= 4 is 40.4 Å². The summed E-state index contributed by atoms with van der Waals surface area (Å²) in [4.78, 5) is 47.9. The van der Waals surface area contributed by atoms with Crippen molar-refractivity contribution in [2.75, 3.05) is 49.1 Å². The second-order valence-electron chi connectivity index (χ2n) is 15.5. The Morgan fingerprint density at radius 3 is 2.41 bits per heavy atom. The number of piperidine rings is 2. The molecule has 4 aliphatic rings. The molecule has 15 nitrogen and oxygen atoms in total. The molecule has 0 bridgehead atoms. The van der Waals surface area contributed by atoms with Crippen LogP contribution in [0.1, 0.15) is 85.4 Å². The number of nitrogens with one attached hydrogen (secondary N) is 2. The van der Waals surface area contributed by atoms with Gasteiger partial charge in [0.15, 0.2) is 11.5 Å². The minimum Gasteiger partial charge on any atom is -0.490 e. The summed E-state index contributed by atoms with van der Waals surface area (Å²) in [6.07, 6.45) is 5.04. The second kappa shape index (κ2) is 16.6. The van der Waals surface area contributed by atoms with Gasteiger partial charge in [0, 0.05) is 57.9 Å². The summed E-state index contributed by atoms with van der Waals surface area (Å²) >= 11 is 0. The van der Waals surface area contributed by atoms with Crippen molar-refractivity contribution in [1.82, 2.24) is 40.5 Å². The fourth-order valence-electron chi connectivity index (χ4n) is 8.61. The van der Waals surface area contributed by atoms with Crippen LogP contribution in [0.4, 0.5) is 29.6 Å². The summed E-state index contributed by atoms with van der Waals surface area (Å²) in [5.74, 6) is 1.29. The molecule has 3 saturated heterocycles. The van der Waals surface area contributed by atoms with E-state index in [0.717, 1.165) is 87.3 Å². The Labute approximate surface area is 332 Å². The van der Waals surface area contributed by atoms with E-state index in [0.29, 0.717) is 37.4 Å². The molecule has 8 rings (SSSR count). The number of halogens is 3. The fraction of sp³-hybridized carbons (Fsp3) is 0.500. The molecule has 3 aromatic heterocycles. The molecule has 1 aliphatic carbocycles. The summed E-state index contributed by atoms with van der Waals surface area (Å²) in [6, 6.07) is 10.1. The van der Waals surface area contributed by atoms with Gasteiger partial charge in [-0.1, -0.05) is 0 Å². The summed E-state index contributed by atoms with van der Waals surface area (Å²) < 4.78 is 48.0. The normalized spacial score (nSPS) is 21.5. The number of pyridine rings is 1. The minimum absolute atomic E-state index is 0.0680. The predicted octanol–water partition coefficient (Wildman–Crippen LogP) is 5.23. The molecule has 2 N–H and O–H groups in total. The number of anilines is 2. The van der Waals surface area contributed by atoms with Crippen LogP contribution >= 0.6 is 0 Å². The SMILES string of the molecule is N#Cc1ccc(OC2CCC(NC(=O)c3ccc(N4CCC(CN5CCC(n6ncc7c(N8CCC(=O)NC8=O)nccc76)CC5)CC4)nn3)CC2)cc1C(F)(F)F. The molecular formula is C40H44F3N11O4. The largest absolute Gasteiger partial charge is 0.490 e. The highest BCUT2D eigenvalue weighted by molar-refractivity contribution is 6.08. The maximum Gasteiger partial charge on any atom is 0.417 e. The van der Waals surface area contributed by atoms with E-state index in [2.05, 4.69) is 40.3 Å². The zero-order valence-corrected chi connectivity index (χ0v) is 31.8. The van der Waals surface area contributed by atoms with Crippen molar-refractivity contribution in [3.8, 4) is 11.8 Å². The van der Waals surface area contributed by atoms with Gasteiger partial charge in [-0.2, -0.15) is 23.5 Å². The van der Waals surface area contributed by atoms with E-state index in [9.17, 15) is 27.6 Å². The summed E-state index contributed by atoms with van der Waals surface area (Å²) in [6.45, 7) is 4.96. The maximum atomic E-state index is 13.4. The number of likely N-dealkylation sites (tertiary alicyclic amines) is 1. The first-order valence-electron chi connectivity index (χ1n) is 19.9. The topological polar surface area (TPSA) is 174 Å². The van der Waals surface area contributed by atoms with Gasteiger partial charge in [0.05, 0.1) is 46.4 Å². The Kier molecular flexibility index (Phi) is 11.1. The van der Waals surface area contributed by atoms with Gasteiger partial charge in [-0.05, 0) is 93.7 Å². The Balaban J connectivity index is 0.759. The molecule has 6 heterocycles. The van der Waals surface area contributed by atoms with E-state index in [1.807, 2.05) is 12.1 Å². The second-order valence-corrected chi connectivity index (χ2v) is 15.5. The van der Waals surface area contributed by atoms with Crippen molar-refractivity contribution < 1.29 is 32.3 Å². The van der Waals surface area contributed by atoms with Gasteiger partial charge in [-0.25, -0.2) is 9.78 Å². The lowest BCUT2D eigenvalue weighted by Crippen LogP contribution is -2.49. The quantitative estimate of drug-likeness (QED) is 0.227. The van der Waals surface area contributed by atoms with Crippen LogP contribution < -0.4 is 25.2 Å². The van der Waals surface area contributed by atoms with Crippen LogP contribution in [0.5, 0.6) is 5.75 Å². The number of carbonyl (C=O) groups is 3. The highest BCUT2D eigenvalue weighted by atomic mass is 19.4. The van der Waals surface area contributed by atoms with Crippen molar-refractivity contribution in [1.29, 1.82) is 5.26 Å². The molecule has 4 amide bonds. The number of aromatic nitrogens is 5. The molecule has 4 fully saturated rings. The zero-order valence-electron chi connectivity index (χ0n) is 31.8. The van der Waals surface area contributed by atoms with Crippen molar-refractivity contribution in [3.05, 3.63) is 65.6 Å². The van der Waals surface area contributed by atoms with Gasteiger partial charge in [-0.3, -0.25) is 24.5 Å². The molecule has 0 radical (unpaired) electrons. The number of hydrogen-bond donors (Lipinski definition) is 2. The fourth-order valence-corrected chi connectivity index (χ4v) is 8.61. The molecule has 0 unspecified atom stereocenters. The third kappa shape index (κ3) is 8.54. The maximum absolute atomic E-state index is 13.4. The highest BCUT2D eigenvalue weighted by Crippen LogP contribution is 2.36. The number of amides is 4. The van der Waals surface area contributed by atoms with Crippen LogP contribution in [0.2, 0.25) is 0 Å². The van der Waals surface area contributed by atoms with Crippen LogP contribution in [0.3, 0.4) is 0 Å². The number of imide groups is 1. The van der Waals surface area contributed by atoms with E-state index in [1.165, 1.54) is 11.0 Å². The molecule has 4 aromatic rings. The van der Waals surface area contributed by atoms with Crippen LogP contribution in [-0.2, 0) is 11.0 Å². The number of nitriles is 1. The number of carbonyl (C=O) groups excluding carboxylic acids is 3. The first-order chi connectivity index (χ1) is 28.0. The predicted molar refractivity (Wildman–Crippen MR) is 205 cm³/mol. The van der Waals surface area contributed by atoms with Gasteiger partial charge < -0.3 is 19.9 Å². The lowest BCUT2D eigenvalue weighted by molar-refractivity contribution is -0.138. The average molecular weight is 800 g/mol. The molecule has 1 aromatic carbocycles. The van der Waals surface area contributed by atoms with Crippen LogP contribution in [-0.4, -0.2) is 99.1 Å². The van der Waals surface area contributed by atoms with Crippen LogP contribution in [0.15, 0.2) is 48.8 Å².